The SMILES string of the molecule is C=CCCCC[C@@H](c1cc(F)ccc1Cl)N1CCNCC1. The summed E-state index contributed by atoms with van der Waals surface area (Å²) >= 11 is 6.33. The second-order valence-corrected chi connectivity index (χ2v) is 5.95. The van der Waals surface area contributed by atoms with Gasteiger partial charge in [-0.1, -0.05) is 24.1 Å². The van der Waals surface area contributed by atoms with Crippen molar-refractivity contribution in [2.45, 2.75) is 31.7 Å². The van der Waals surface area contributed by atoms with Gasteiger partial charge in [0.1, 0.15) is 5.82 Å². The van der Waals surface area contributed by atoms with E-state index >= 15 is 0 Å². The van der Waals surface area contributed by atoms with Gasteiger partial charge in [-0.15, -0.1) is 6.58 Å². The fourth-order valence-corrected chi connectivity index (χ4v) is 3.17. The van der Waals surface area contributed by atoms with Crippen molar-refractivity contribution >= 4 is 11.6 Å². The number of rotatable bonds is 7. The van der Waals surface area contributed by atoms with Gasteiger partial charge in [0.2, 0.25) is 0 Å². The summed E-state index contributed by atoms with van der Waals surface area (Å²) in [7, 11) is 0. The quantitative estimate of drug-likeness (QED) is 0.600. The maximum atomic E-state index is 13.6. The molecule has 4 heteroatoms. The van der Waals surface area contributed by atoms with Crippen LogP contribution >= 0.6 is 11.6 Å². The van der Waals surface area contributed by atoms with Crippen LogP contribution in [0.4, 0.5) is 4.39 Å². The van der Waals surface area contributed by atoms with Crippen molar-refractivity contribution < 1.29 is 4.39 Å². The van der Waals surface area contributed by atoms with Crippen molar-refractivity contribution in [2.75, 3.05) is 26.2 Å². The van der Waals surface area contributed by atoms with E-state index in [1.165, 1.54) is 6.07 Å². The molecule has 0 radical (unpaired) electrons. The molecule has 0 amide bonds. The summed E-state index contributed by atoms with van der Waals surface area (Å²) in [6, 6.07) is 4.91. The summed E-state index contributed by atoms with van der Waals surface area (Å²) in [5.74, 6) is -0.208. The van der Waals surface area contributed by atoms with Crippen LogP contribution in [0.15, 0.2) is 30.9 Å². The zero-order valence-corrected chi connectivity index (χ0v) is 13.2. The van der Waals surface area contributed by atoms with E-state index in [0.717, 1.165) is 57.4 Å². The lowest BCUT2D eigenvalue weighted by Gasteiger charge is -2.35. The normalized spacial score (nSPS) is 17.6. The number of nitrogens with zero attached hydrogens (tertiary/aromatic N) is 1. The van der Waals surface area contributed by atoms with Gasteiger partial charge in [-0.2, -0.15) is 0 Å². The molecule has 0 aliphatic carbocycles. The topological polar surface area (TPSA) is 15.3 Å². The number of piperazine rings is 1. The van der Waals surface area contributed by atoms with Crippen LogP contribution in [0, 0.1) is 5.82 Å². The van der Waals surface area contributed by atoms with Crippen molar-refractivity contribution in [3.8, 4) is 0 Å². The van der Waals surface area contributed by atoms with Crippen LogP contribution < -0.4 is 5.32 Å². The molecule has 0 bridgehead atoms. The molecule has 0 saturated carbocycles. The molecule has 1 N–H and O–H groups in total. The zero-order valence-electron chi connectivity index (χ0n) is 12.5. The third-order valence-electron chi connectivity index (χ3n) is 4.05. The minimum atomic E-state index is -0.208. The molecule has 116 valence electrons. The molecular formula is C17H24ClFN2. The third-order valence-corrected chi connectivity index (χ3v) is 4.39. The molecule has 1 saturated heterocycles. The van der Waals surface area contributed by atoms with Crippen LogP contribution in [0.2, 0.25) is 5.02 Å². The molecular weight excluding hydrogens is 287 g/mol. The molecule has 0 spiro atoms. The van der Waals surface area contributed by atoms with E-state index in [4.69, 9.17) is 11.6 Å². The maximum Gasteiger partial charge on any atom is 0.123 e. The monoisotopic (exact) mass is 310 g/mol. The molecule has 2 nitrogen and oxygen atoms in total. The first-order valence-electron chi connectivity index (χ1n) is 7.73. The van der Waals surface area contributed by atoms with Gasteiger partial charge in [0, 0.05) is 37.2 Å². The summed E-state index contributed by atoms with van der Waals surface area (Å²) < 4.78 is 13.6. The standard InChI is InChI=1S/C17H24ClFN2/c1-2-3-4-5-6-17(21-11-9-20-10-12-21)15-13-14(19)7-8-16(15)18/h2,7-8,13,17,20H,1,3-6,9-12H2/t17-/m0/s1. The number of unbranched alkanes of at least 4 members (excludes halogenated alkanes) is 2. The van der Waals surface area contributed by atoms with Crippen molar-refractivity contribution in [1.82, 2.24) is 10.2 Å². The number of benzene rings is 1. The van der Waals surface area contributed by atoms with E-state index in [1.807, 2.05) is 6.08 Å². The van der Waals surface area contributed by atoms with E-state index in [2.05, 4.69) is 16.8 Å². The average molecular weight is 311 g/mol. The predicted molar refractivity (Wildman–Crippen MR) is 87.3 cm³/mol. The lowest BCUT2D eigenvalue weighted by molar-refractivity contribution is 0.162. The molecule has 1 atom stereocenters. The van der Waals surface area contributed by atoms with E-state index in [0.29, 0.717) is 5.02 Å². The zero-order chi connectivity index (χ0) is 15.1. The number of nitrogens with one attached hydrogen (secondary N) is 1. The Labute approximate surface area is 132 Å². The van der Waals surface area contributed by atoms with E-state index in [-0.39, 0.29) is 11.9 Å². The Balaban J connectivity index is 2.13. The average Bonchev–Trinajstić information content (AvgIpc) is 2.51. The van der Waals surface area contributed by atoms with Crippen molar-refractivity contribution in [3.05, 3.63) is 47.3 Å². The lowest BCUT2D eigenvalue weighted by atomic mass is 9.97. The second kappa shape index (κ2) is 8.52. The molecule has 21 heavy (non-hydrogen) atoms. The summed E-state index contributed by atoms with van der Waals surface area (Å²) in [5.41, 5.74) is 0.928. The second-order valence-electron chi connectivity index (χ2n) is 5.54. The molecule has 0 unspecified atom stereocenters. The van der Waals surface area contributed by atoms with Gasteiger partial charge in [-0.05, 0) is 43.0 Å². The first kappa shape index (κ1) is 16.5. The predicted octanol–water partition coefficient (Wildman–Crippen LogP) is 4.17. The molecule has 1 aliphatic rings. The number of hydrogen-bond acceptors (Lipinski definition) is 2. The fourth-order valence-electron chi connectivity index (χ4n) is 2.92. The highest BCUT2D eigenvalue weighted by atomic mass is 35.5. The van der Waals surface area contributed by atoms with Crippen LogP contribution in [0.5, 0.6) is 0 Å². The maximum absolute atomic E-state index is 13.6. The summed E-state index contributed by atoms with van der Waals surface area (Å²) in [6.45, 7) is 7.70. The van der Waals surface area contributed by atoms with Crippen LogP contribution in [-0.2, 0) is 0 Å². The molecule has 1 heterocycles. The lowest BCUT2D eigenvalue weighted by Crippen LogP contribution is -2.45. The third kappa shape index (κ3) is 4.80. The minimum Gasteiger partial charge on any atom is -0.314 e. The Morgan fingerprint density at radius 1 is 1.33 bits per heavy atom. The molecule has 1 aliphatic heterocycles. The van der Waals surface area contributed by atoms with E-state index in [1.54, 1.807) is 12.1 Å². The first-order chi connectivity index (χ1) is 10.2. The largest absolute Gasteiger partial charge is 0.314 e. The van der Waals surface area contributed by atoms with Gasteiger partial charge in [0.05, 0.1) is 0 Å². The smallest absolute Gasteiger partial charge is 0.123 e. The molecule has 1 aromatic rings. The number of allylic oxidation sites excluding steroid dienone is 1. The van der Waals surface area contributed by atoms with Gasteiger partial charge >= 0.3 is 0 Å². The molecule has 1 aromatic carbocycles. The van der Waals surface area contributed by atoms with E-state index in [9.17, 15) is 4.39 Å². The Morgan fingerprint density at radius 2 is 2.10 bits per heavy atom. The van der Waals surface area contributed by atoms with Gasteiger partial charge in [0.25, 0.3) is 0 Å². The minimum absolute atomic E-state index is 0.208. The van der Waals surface area contributed by atoms with Crippen LogP contribution in [0.3, 0.4) is 0 Å². The first-order valence-corrected chi connectivity index (χ1v) is 8.11. The fraction of sp³-hybridized carbons (Fsp3) is 0.529. The van der Waals surface area contributed by atoms with E-state index < -0.39 is 0 Å². The molecule has 2 rings (SSSR count). The Kier molecular flexibility index (Phi) is 6.68. The molecule has 0 aromatic heterocycles. The van der Waals surface area contributed by atoms with Gasteiger partial charge in [-0.25, -0.2) is 4.39 Å². The summed E-state index contributed by atoms with van der Waals surface area (Å²) in [6.07, 6.45) is 6.23. The highest BCUT2D eigenvalue weighted by Crippen LogP contribution is 2.32. The van der Waals surface area contributed by atoms with Crippen LogP contribution in [0.25, 0.3) is 0 Å². The van der Waals surface area contributed by atoms with Crippen LogP contribution in [0.1, 0.15) is 37.3 Å². The highest BCUT2D eigenvalue weighted by molar-refractivity contribution is 6.31. The van der Waals surface area contributed by atoms with Crippen LogP contribution in [-0.4, -0.2) is 31.1 Å². The van der Waals surface area contributed by atoms with Gasteiger partial charge < -0.3 is 5.32 Å². The summed E-state index contributed by atoms with van der Waals surface area (Å²) in [5, 5.41) is 4.03. The van der Waals surface area contributed by atoms with Crippen molar-refractivity contribution in [3.63, 3.8) is 0 Å². The Bertz CT molecular complexity index is 458. The Hall–Kier alpha value is -0.900. The molecule has 1 fully saturated rings. The van der Waals surface area contributed by atoms with Crippen molar-refractivity contribution in [1.29, 1.82) is 0 Å². The van der Waals surface area contributed by atoms with Crippen molar-refractivity contribution in [2.24, 2.45) is 0 Å². The highest BCUT2D eigenvalue weighted by Gasteiger charge is 2.24. The summed E-state index contributed by atoms with van der Waals surface area (Å²) in [4.78, 5) is 2.42. The Morgan fingerprint density at radius 3 is 2.81 bits per heavy atom. The number of halogens is 2. The van der Waals surface area contributed by atoms with Gasteiger partial charge in [0.15, 0.2) is 0 Å². The number of hydrogen-bond donors (Lipinski definition) is 1. The van der Waals surface area contributed by atoms with Gasteiger partial charge in [-0.3, -0.25) is 4.90 Å².